The van der Waals surface area contributed by atoms with Crippen molar-refractivity contribution < 1.29 is 0 Å². The van der Waals surface area contributed by atoms with Crippen molar-refractivity contribution in [2.24, 2.45) is 5.73 Å². The third kappa shape index (κ3) is 2.10. The van der Waals surface area contributed by atoms with Crippen LogP contribution >= 0.6 is 0 Å². The summed E-state index contributed by atoms with van der Waals surface area (Å²) in [5.41, 5.74) is 10.1. The molecule has 21 heavy (non-hydrogen) atoms. The molecule has 4 nitrogen and oxygen atoms in total. The Hall–Kier alpha value is -2.59. The molecule has 2 N–H and O–H groups in total. The number of benzene rings is 1. The van der Waals surface area contributed by atoms with Crippen molar-refractivity contribution in [3.8, 4) is 0 Å². The Morgan fingerprint density at radius 1 is 1.05 bits per heavy atom. The van der Waals surface area contributed by atoms with Gasteiger partial charge in [-0.3, -0.25) is 0 Å². The maximum Gasteiger partial charge on any atom is 0.137 e. The largest absolute Gasteiger partial charge is 0.341 e. The van der Waals surface area contributed by atoms with Gasteiger partial charge in [-0.1, -0.05) is 18.2 Å². The molecule has 104 valence electrons. The first kappa shape index (κ1) is 12.2. The molecule has 0 saturated heterocycles. The Morgan fingerprint density at radius 3 is 2.86 bits per heavy atom. The number of nitrogens with two attached hydrogens (primary N) is 1. The molecule has 0 saturated carbocycles. The number of rotatable bonds is 3. The minimum Gasteiger partial charge on any atom is -0.341 e. The molecule has 0 spiro atoms. The van der Waals surface area contributed by atoms with E-state index >= 15 is 0 Å². The zero-order valence-corrected chi connectivity index (χ0v) is 11.6. The number of nitrogens with zero attached hydrogens (tertiary/aromatic N) is 3. The molecular formula is C17H16N4. The summed E-state index contributed by atoms with van der Waals surface area (Å²) in [5, 5.41) is 1.23. The highest BCUT2D eigenvalue weighted by molar-refractivity contribution is 5.80. The molecule has 4 heteroatoms. The van der Waals surface area contributed by atoms with E-state index in [4.69, 9.17) is 5.73 Å². The summed E-state index contributed by atoms with van der Waals surface area (Å²) < 4.78 is 4.27. The standard InChI is InChI=1S/C17H16N4/c18-10-13-4-5-14-6-8-20(16(14)9-13)11-15-12-21-7-2-1-3-17(21)19-15/h1-9,12H,10-11,18H2. The van der Waals surface area contributed by atoms with Crippen molar-refractivity contribution in [2.75, 3.05) is 0 Å². The lowest BCUT2D eigenvalue weighted by Crippen LogP contribution is -2.00. The molecule has 1 aromatic carbocycles. The zero-order chi connectivity index (χ0) is 14.2. The molecule has 0 unspecified atom stereocenters. The maximum atomic E-state index is 5.74. The third-order valence-electron chi connectivity index (χ3n) is 3.82. The first-order chi connectivity index (χ1) is 10.3. The Morgan fingerprint density at radius 2 is 2.00 bits per heavy atom. The molecule has 4 aromatic rings. The molecule has 3 heterocycles. The van der Waals surface area contributed by atoms with Gasteiger partial charge in [0.05, 0.1) is 12.2 Å². The van der Waals surface area contributed by atoms with Crippen LogP contribution in [0.15, 0.2) is 61.1 Å². The minimum atomic E-state index is 0.565. The number of pyridine rings is 1. The summed E-state index contributed by atoms with van der Waals surface area (Å²) in [4.78, 5) is 4.65. The fraction of sp³-hybridized carbons (Fsp3) is 0.118. The number of hydrogen-bond acceptors (Lipinski definition) is 2. The van der Waals surface area contributed by atoms with E-state index < -0.39 is 0 Å². The van der Waals surface area contributed by atoms with E-state index in [1.165, 1.54) is 10.9 Å². The van der Waals surface area contributed by atoms with E-state index in [0.29, 0.717) is 6.54 Å². The van der Waals surface area contributed by atoms with Crippen LogP contribution in [0.25, 0.3) is 16.6 Å². The van der Waals surface area contributed by atoms with Crippen LogP contribution in [-0.4, -0.2) is 14.0 Å². The predicted octanol–water partition coefficient (Wildman–Crippen LogP) is 2.80. The lowest BCUT2D eigenvalue weighted by atomic mass is 10.1. The lowest BCUT2D eigenvalue weighted by Gasteiger charge is -2.04. The van der Waals surface area contributed by atoms with Crippen LogP contribution in [0.1, 0.15) is 11.3 Å². The summed E-state index contributed by atoms with van der Waals surface area (Å²) in [6, 6.07) is 14.5. The maximum absolute atomic E-state index is 5.74. The highest BCUT2D eigenvalue weighted by Crippen LogP contribution is 2.19. The quantitative estimate of drug-likeness (QED) is 0.625. The molecule has 3 aromatic heterocycles. The summed E-state index contributed by atoms with van der Waals surface area (Å²) >= 11 is 0. The molecule has 0 radical (unpaired) electrons. The van der Waals surface area contributed by atoms with Gasteiger partial charge in [-0.15, -0.1) is 0 Å². The Labute approximate surface area is 122 Å². The second-order valence-corrected chi connectivity index (χ2v) is 5.24. The van der Waals surface area contributed by atoms with E-state index in [-0.39, 0.29) is 0 Å². The van der Waals surface area contributed by atoms with Gasteiger partial charge in [0.2, 0.25) is 0 Å². The number of aromatic nitrogens is 3. The van der Waals surface area contributed by atoms with Crippen molar-refractivity contribution in [1.82, 2.24) is 14.0 Å². The number of imidazole rings is 1. The monoisotopic (exact) mass is 276 g/mol. The number of hydrogen-bond donors (Lipinski definition) is 1. The normalized spacial score (nSPS) is 11.5. The van der Waals surface area contributed by atoms with E-state index in [2.05, 4.69) is 46.2 Å². The molecule has 0 aliphatic heterocycles. The van der Waals surface area contributed by atoms with Gasteiger partial charge in [-0.2, -0.15) is 0 Å². The first-order valence-corrected chi connectivity index (χ1v) is 7.04. The van der Waals surface area contributed by atoms with Crippen molar-refractivity contribution in [3.63, 3.8) is 0 Å². The highest BCUT2D eigenvalue weighted by Gasteiger charge is 2.06. The van der Waals surface area contributed by atoms with Crippen molar-refractivity contribution in [3.05, 3.63) is 72.3 Å². The fourth-order valence-corrected chi connectivity index (χ4v) is 2.73. The molecule has 0 aliphatic carbocycles. The van der Waals surface area contributed by atoms with Gasteiger partial charge < -0.3 is 14.7 Å². The van der Waals surface area contributed by atoms with Gasteiger partial charge in [0, 0.05) is 30.7 Å². The summed E-state index contributed by atoms with van der Waals surface area (Å²) in [5.74, 6) is 0. The van der Waals surface area contributed by atoms with E-state index in [1.54, 1.807) is 0 Å². The van der Waals surface area contributed by atoms with Crippen LogP contribution in [0.2, 0.25) is 0 Å². The minimum absolute atomic E-state index is 0.565. The second kappa shape index (κ2) is 4.75. The van der Waals surface area contributed by atoms with Crippen LogP contribution in [0.3, 0.4) is 0 Å². The van der Waals surface area contributed by atoms with Gasteiger partial charge in [-0.05, 0) is 35.2 Å². The smallest absolute Gasteiger partial charge is 0.137 e. The van der Waals surface area contributed by atoms with Crippen LogP contribution < -0.4 is 5.73 Å². The average molecular weight is 276 g/mol. The summed E-state index contributed by atoms with van der Waals surface area (Å²) in [7, 11) is 0. The molecular weight excluding hydrogens is 260 g/mol. The van der Waals surface area contributed by atoms with Gasteiger partial charge in [0.1, 0.15) is 5.65 Å². The van der Waals surface area contributed by atoms with Gasteiger partial charge in [-0.25, -0.2) is 4.98 Å². The van der Waals surface area contributed by atoms with E-state index in [0.717, 1.165) is 23.4 Å². The number of fused-ring (bicyclic) bond motifs is 2. The van der Waals surface area contributed by atoms with Crippen molar-refractivity contribution >= 4 is 16.6 Å². The molecule has 0 amide bonds. The second-order valence-electron chi connectivity index (χ2n) is 5.24. The van der Waals surface area contributed by atoms with Crippen LogP contribution in [-0.2, 0) is 13.1 Å². The molecule has 0 aliphatic rings. The van der Waals surface area contributed by atoms with Gasteiger partial charge in [0.25, 0.3) is 0 Å². The molecule has 0 fully saturated rings. The van der Waals surface area contributed by atoms with Gasteiger partial charge in [0.15, 0.2) is 0 Å². The first-order valence-electron chi connectivity index (χ1n) is 7.04. The Balaban J connectivity index is 1.76. The highest BCUT2D eigenvalue weighted by atomic mass is 15.0. The van der Waals surface area contributed by atoms with Gasteiger partial charge >= 0.3 is 0 Å². The average Bonchev–Trinajstić information content (AvgIpc) is 3.10. The zero-order valence-electron chi connectivity index (χ0n) is 11.6. The van der Waals surface area contributed by atoms with Crippen LogP contribution in [0.4, 0.5) is 0 Å². The lowest BCUT2D eigenvalue weighted by molar-refractivity contribution is 0.814. The Bertz CT molecular complexity index is 884. The summed E-state index contributed by atoms with van der Waals surface area (Å²) in [6.07, 6.45) is 6.20. The topological polar surface area (TPSA) is 48.2 Å². The molecule has 4 rings (SSSR count). The van der Waals surface area contributed by atoms with Crippen LogP contribution in [0, 0.1) is 0 Å². The van der Waals surface area contributed by atoms with Crippen molar-refractivity contribution in [1.29, 1.82) is 0 Å². The van der Waals surface area contributed by atoms with Crippen LogP contribution in [0.5, 0.6) is 0 Å². The van der Waals surface area contributed by atoms with Crippen molar-refractivity contribution in [2.45, 2.75) is 13.1 Å². The molecule has 0 atom stereocenters. The molecule has 0 bridgehead atoms. The van der Waals surface area contributed by atoms with E-state index in [1.807, 2.05) is 28.8 Å². The SMILES string of the molecule is NCc1ccc2ccn(Cc3cn4ccccc4n3)c2c1. The third-order valence-corrected chi connectivity index (χ3v) is 3.82. The summed E-state index contributed by atoms with van der Waals surface area (Å²) in [6.45, 7) is 1.33. The fourth-order valence-electron chi connectivity index (χ4n) is 2.73. The Kier molecular flexibility index (Phi) is 2.75. The van der Waals surface area contributed by atoms with E-state index in [9.17, 15) is 0 Å². The predicted molar refractivity (Wildman–Crippen MR) is 84.1 cm³/mol.